The van der Waals surface area contributed by atoms with E-state index in [1.807, 2.05) is 41.9 Å². The number of amides is 2. The number of hydrogen-bond acceptors (Lipinski definition) is 7. The van der Waals surface area contributed by atoms with Crippen LogP contribution in [0.15, 0.2) is 55.0 Å². The van der Waals surface area contributed by atoms with Crippen LogP contribution in [0.25, 0.3) is 16.8 Å². The van der Waals surface area contributed by atoms with Crippen molar-refractivity contribution in [1.29, 1.82) is 0 Å². The van der Waals surface area contributed by atoms with Crippen molar-refractivity contribution in [2.75, 3.05) is 42.2 Å². The van der Waals surface area contributed by atoms with Crippen LogP contribution in [0.5, 0.6) is 0 Å². The molecular weight excluding hydrogens is 516 g/mol. The largest absolute Gasteiger partial charge is 0.371 e. The highest BCUT2D eigenvalue weighted by molar-refractivity contribution is 6.04. The SMILES string of the molecule is CC#CC(=O)N1CCC[C@H]1c1nc(-c2ccc(C(=O)Nc3cc(N4CCCC4)ccn3)cc2)c2c(NC)nccn12. The Morgan fingerprint density at radius 1 is 1.00 bits per heavy atom. The number of imidazole rings is 1. The van der Waals surface area contributed by atoms with Gasteiger partial charge >= 0.3 is 0 Å². The lowest BCUT2D eigenvalue weighted by atomic mass is 10.1. The van der Waals surface area contributed by atoms with E-state index in [1.54, 1.807) is 36.4 Å². The summed E-state index contributed by atoms with van der Waals surface area (Å²) in [7, 11) is 1.82. The first-order valence-electron chi connectivity index (χ1n) is 14.0. The van der Waals surface area contributed by atoms with Gasteiger partial charge in [-0.05, 0) is 56.7 Å². The Hall–Kier alpha value is -4.91. The summed E-state index contributed by atoms with van der Waals surface area (Å²) in [5.74, 6) is 6.96. The zero-order valence-electron chi connectivity index (χ0n) is 23.2. The summed E-state index contributed by atoms with van der Waals surface area (Å²) in [5, 5.41) is 6.10. The Labute approximate surface area is 238 Å². The molecule has 0 unspecified atom stereocenters. The van der Waals surface area contributed by atoms with Crippen molar-refractivity contribution in [3.05, 3.63) is 66.4 Å². The van der Waals surface area contributed by atoms with E-state index >= 15 is 0 Å². The first kappa shape index (κ1) is 26.3. The second kappa shape index (κ2) is 11.3. The van der Waals surface area contributed by atoms with E-state index < -0.39 is 0 Å². The Morgan fingerprint density at radius 3 is 2.56 bits per heavy atom. The third kappa shape index (κ3) is 5.07. The summed E-state index contributed by atoms with van der Waals surface area (Å²) in [5.41, 5.74) is 3.97. The normalized spacial score (nSPS) is 16.5. The Balaban J connectivity index is 1.30. The van der Waals surface area contributed by atoms with Crippen molar-refractivity contribution >= 4 is 34.7 Å². The number of benzene rings is 1. The number of rotatable bonds is 6. The number of nitrogens with one attached hydrogen (secondary N) is 2. The first-order chi connectivity index (χ1) is 20.1. The van der Waals surface area contributed by atoms with Crippen LogP contribution in [0.2, 0.25) is 0 Å². The molecule has 0 saturated carbocycles. The van der Waals surface area contributed by atoms with Gasteiger partial charge in [-0.3, -0.25) is 14.0 Å². The fourth-order valence-electron chi connectivity index (χ4n) is 5.77. The zero-order valence-corrected chi connectivity index (χ0v) is 23.2. The molecule has 3 aromatic heterocycles. The lowest BCUT2D eigenvalue weighted by Crippen LogP contribution is -2.30. The number of hydrogen-bond donors (Lipinski definition) is 2. The zero-order chi connectivity index (χ0) is 28.3. The van der Waals surface area contributed by atoms with Gasteiger partial charge in [0.05, 0.1) is 6.04 Å². The van der Waals surface area contributed by atoms with Crippen LogP contribution in [-0.4, -0.2) is 62.7 Å². The standard InChI is InChI=1S/C31H32N8O2/c1-3-7-26(40)38-18-6-8-24(38)30-36-27(28-29(32-2)34-15-19-39(28)30)21-9-11-22(12-10-21)31(41)35-25-20-23(13-14-33-25)37-16-4-5-17-37/h9-15,19-20,24H,4-6,8,16-18H2,1-2H3,(H,32,34)(H,33,35,41)/t24-/m0/s1. The van der Waals surface area contributed by atoms with Crippen molar-refractivity contribution in [3.8, 4) is 23.1 Å². The third-order valence-electron chi connectivity index (χ3n) is 7.74. The van der Waals surface area contributed by atoms with Crippen LogP contribution >= 0.6 is 0 Å². The van der Waals surface area contributed by atoms with Crippen molar-refractivity contribution in [2.45, 2.75) is 38.6 Å². The number of pyridine rings is 1. The van der Waals surface area contributed by atoms with Crippen LogP contribution in [0, 0.1) is 11.8 Å². The molecule has 41 heavy (non-hydrogen) atoms. The molecule has 6 rings (SSSR count). The molecule has 0 spiro atoms. The minimum absolute atomic E-state index is 0.188. The molecule has 1 atom stereocenters. The number of likely N-dealkylation sites (tertiary alicyclic amines) is 1. The van der Waals surface area contributed by atoms with Gasteiger partial charge in [-0.1, -0.05) is 18.1 Å². The van der Waals surface area contributed by atoms with Crippen molar-refractivity contribution in [1.82, 2.24) is 24.3 Å². The highest BCUT2D eigenvalue weighted by atomic mass is 16.2. The molecule has 2 aliphatic rings. The molecule has 5 heterocycles. The monoisotopic (exact) mass is 548 g/mol. The summed E-state index contributed by atoms with van der Waals surface area (Å²) < 4.78 is 2.00. The van der Waals surface area contributed by atoms with Crippen molar-refractivity contribution in [3.63, 3.8) is 0 Å². The van der Waals surface area contributed by atoms with E-state index in [1.165, 1.54) is 12.8 Å². The molecule has 10 heteroatoms. The van der Waals surface area contributed by atoms with E-state index in [9.17, 15) is 9.59 Å². The molecule has 2 saturated heterocycles. The molecule has 4 aromatic rings. The van der Waals surface area contributed by atoms with Crippen LogP contribution in [-0.2, 0) is 4.79 Å². The Morgan fingerprint density at radius 2 is 1.80 bits per heavy atom. The lowest BCUT2D eigenvalue weighted by molar-refractivity contribution is -0.126. The van der Waals surface area contributed by atoms with Gasteiger partial charge in [0.2, 0.25) is 0 Å². The smallest absolute Gasteiger partial charge is 0.299 e. The molecule has 208 valence electrons. The van der Waals surface area contributed by atoms with Gasteiger partial charge in [0.25, 0.3) is 11.8 Å². The summed E-state index contributed by atoms with van der Waals surface area (Å²) >= 11 is 0. The van der Waals surface area contributed by atoms with E-state index in [-0.39, 0.29) is 17.9 Å². The summed E-state index contributed by atoms with van der Waals surface area (Å²) in [6.45, 7) is 4.36. The number of anilines is 3. The van der Waals surface area contributed by atoms with Gasteiger partial charge < -0.3 is 20.4 Å². The average Bonchev–Trinajstić information content (AvgIpc) is 3.77. The summed E-state index contributed by atoms with van der Waals surface area (Å²) in [6.07, 6.45) is 9.38. The molecular formula is C31H32N8O2. The van der Waals surface area contributed by atoms with Gasteiger partial charge in [-0.25, -0.2) is 15.0 Å². The molecule has 0 radical (unpaired) electrons. The number of aromatic nitrogens is 4. The lowest BCUT2D eigenvalue weighted by Gasteiger charge is -2.21. The highest BCUT2D eigenvalue weighted by Crippen LogP contribution is 2.37. The number of carbonyl (C=O) groups is 2. The van der Waals surface area contributed by atoms with E-state index in [4.69, 9.17) is 4.98 Å². The molecule has 0 aliphatic carbocycles. The van der Waals surface area contributed by atoms with Crippen molar-refractivity contribution in [2.24, 2.45) is 0 Å². The molecule has 2 N–H and O–H groups in total. The van der Waals surface area contributed by atoms with Crippen LogP contribution in [0.4, 0.5) is 17.3 Å². The quantitative estimate of drug-likeness (QED) is 0.345. The number of fused-ring (bicyclic) bond motifs is 1. The third-order valence-corrected chi connectivity index (χ3v) is 7.74. The van der Waals surface area contributed by atoms with E-state index in [2.05, 4.69) is 37.3 Å². The minimum Gasteiger partial charge on any atom is -0.371 e. The van der Waals surface area contributed by atoms with Crippen LogP contribution < -0.4 is 15.5 Å². The summed E-state index contributed by atoms with van der Waals surface area (Å²) in [6, 6.07) is 11.1. The number of carbonyl (C=O) groups excluding carboxylic acids is 2. The van der Waals surface area contributed by atoms with Gasteiger partial charge in [-0.2, -0.15) is 0 Å². The van der Waals surface area contributed by atoms with Gasteiger partial charge in [0.15, 0.2) is 5.82 Å². The molecule has 2 fully saturated rings. The molecule has 2 amide bonds. The Kier molecular flexibility index (Phi) is 7.25. The minimum atomic E-state index is -0.229. The molecule has 2 aliphatic heterocycles. The fraction of sp³-hybridized carbons (Fsp3) is 0.323. The average molecular weight is 549 g/mol. The first-order valence-corrected chi connectivity index (χ1v) is 14.0. The molecule has 1 aromatic carbocycles. The highest BCUT2D eigenvalue weighted by Gasteiger charge is 2.33. The molecule has 0 bridgehead atoms. The van der Waals surface area contributed by atoms with Gasteiger partial charge in [0, 0.05) is 68.2 Å². The van der Waals surface area contributed by atoms with Gasteiger partial charge in [0.1, 0.15) is 22.9 Å². The Bertz CT molecular complexity index is 1660. The second-order valence-corrected chi connectivity index (χ2v) is 10.2. The maximum Gasteiger partial charge on any atom is 0.299 e. The van der Waals surface area contributed by atoms with E-state index in [0.717, 1.165) is 54.2 Å². The van der Waals surface area contributed by atoms with Crippen LogP contribution in [0.1, 0.15) is 54.8 Å². The molecule has 10 nitrogen and oxygen atoms in total. The van der Waals surface area contributed by atoms with E-state index in [0.29, 0.717) is 23.7 Å². The predicted octanol–water partition coefficient (Wildman–Crippen LogP) is 4.37. The van der Waals surface area contributed by atoms with Crippen molar-refractivity contribution < 1.29 is 9.59 Å². The van der Waals surface area contributed by atoms with Crippen LogP contribution in [0.3, 0.4) is 0 Å². The maximum atomic E-state index is 13.1. The fourth-order valence-corrected chi connectivity index (χ4v) is 5.77. The summed E-state index contributed by atoms with van der Waals surface area (Å²) in [4.78, 5) is 43.8. The predicted molar refractivity (Wildman–Crippen MR) is 159 cm³/mol. The second-order valence-electron chi connectivity index (χ2n) is 10.2. The van der Waals surface area contributed by atoms with Gasteiger partial charge in [-0.15, -0.1) is 0 Å². The number of nitrogens with zero attached hydrogens (tertiary/aromatic N) is 6. The topological polar surface area (TPSA) is 108 Å². The maximum absolute atomic E-state index is 13.1.